The molecule has 0 aromatic heterocycles. The van der Waals surface area contributed by atoms with Crippen molar-refractivity contribution in [1.29, 1.82) is 0 Å². The van der Waals surface area contributed by atoms with Crippen molar-refractivity contribution < 1.29 is 18.3 Å². The summed E-state index contributed by atoms with van der Waals surface area (Å²) in [7, 11) is 0. The summed E-state index contributed by atoms with van der Waals surface area (Å²) < 4.78 is 35.4. The van der Waals surface area contributed by atoms with Crippen molar-refractivity contribution >= 4 is 23.8 Å². The molecule has 0 amide bonds. The summed E-state index contributed by atoms with van der Waals surface area (Å²) >= 11 is 0.465. The third kappa shape index (κ3) is 4.78. The Morgan fingerprint density at radius 3 is 2.48 bits per heavy atom. The van der Waals surface area contributed by atoms with Gasteiger partial charge in [0.25, 0.3) is 0 Å². The van der Waals surface area contributed by atoms with E-state index < -0.39 is 16.8 Å². The number of carbonyl (C=O) groups is 1. The second-order valence-corrected chi connectivity index (χ2v) is 7.94. The number of carbonyl (C=O) groups excluding carboxylic acids is 1. The molecule has 1 fully saturated rings. The van der Waals surface area contributed by atoms with E-state index in [0.717, 1.165) is 5.56 Å². The van der Waals surface area contributed by atoms with Crippen molar-refractivity contribution in [1.82, 2.24) is 0 Å². The molecule has 1 saturated heterocycles. The van der Waals surface area contributed by atoms with Crippen LogP contribution in [0.25, 0.3) is 6.08 Å². The van der Waals surface area contributed by atoms with Crippen LogP contribution >= 0.6 is 11.8 Å². The zero-order chi connectivity index (χ0) is 19.3. The first-order chi connectivity index (χ1) is 12.9. The van der Waals surface area contributed by atoms with E-state index >= 15 is 8.78 Å². The maximum atomic E-state index is 15.1. The summed E-state index contributed by atoms with van der Waals surface area (Å²) in [5.74, 6) is -0.550. The topological polar surface area (TPSA) is 26.3 Å². The van der Waals surface area contributed by atoms with E-state index in [0.29, 0.717) is 23.1 Å². The molecule has 0 radical (unpaired) electrons. The van der Waals surface area contributed by atoms with E-state index in [2.05, 4.69) is 0 Å². The van der Waals surface area contributed by atoms with E-state index in [9.17, 15) is 4.79 Å². The molecule has 0 N–H and O–H groups in total. The van der Waals surface area contributed by atoms with E-state index in [-0.39, 0.29) is 19.3 Å². The second-order valence-electron chi connectivity index (χ2n) is 6.75. The van der Waals surface area contributed by atoms with Crippen LogP contribution in [0.2, 0.25) is 0 Å². The molecule has 0 saturated carbocycles. The second kappa shape index (κ2) is 8.26. The van der Waals surface area contributed by atoms with Crippen LogP contribution in [0.5, 0.6) is 0 Å². The lowest BCUT2D eigenvalue weighted by atomic mass is 9.94. The van der Waals surface area contributed by atoms with Gasteiger partial charge in [0.2, 0.25) is 0 Å². The van der Waals surface area contributed by atoms with E-state index in [1.165, 1.54) is 5.56 Å². The number of rotatable bonds is 7. The summed E-state index contributed by atoms with van der Waals surface area (Å²) in [5, 5.41) is -3.20. The highest BCUT2D eigenvalue weighted by Crippen LogP contribution is 2.52. The summed E-state index contributed by atoms with van der Waals surface area (Å²) in [6.07, 6.45) is 4.35. The summed E-state index contributed by atoms with van der Waals surface area (Å²) in [6.45, 7) is 2.01. The molecule has 1 aliphatic heterocycles. The van der Waals surface area contributed by atoms with Gasteiger partial charge in [0.05, 0.1) is 0 Å². The van der Waals surface area contributed by atoms with Crippen LogP contribution in [0, 0.1) is 6.92 Å². The average Bonchev–Trinajstić information content (AvgIpc) is 3.04. The minimum absolute atomic E-state index is 0.0343. The van der Waals surface area contributed by atoms with Gasteiger partial charge in [-0.05, 0) is 49.2 Å². The van der Waals surface area contributed by atoms with Crippen LogP contribution in [-0.4, -0.2) is 16.8 Å². The Balaban J connectivity index is 1.70. The fraction of sp³-hybridized carbons (Fsp3) is 0.318. The van der Waals surface area contributed by atoms with Gasteiger partial charge in [-0.3, -0.25) is 4.79 Å². The van der Waals surface area contributed by atoms with Crippen LogP contribution in [0.4, 0.5) is 8.78 Å². The molecule has 5 heteroatoms. The number of aryl methyl sites for hydroxylation is 1. The molecule has 142 valence electrons. The van der Waals surface area contributed by atoms with Crippen LogP contribution in [0.3, 0.4) is 0 Å². The van der Waals surface area contributed by atoms with E-state index in [1.54, 1.807) is 30.3 Å². The smallest absolute Gasteiger partial charge is 0.337 e. The molecule has 2 nitrogen and oxygen atoms in total. The Morgan fingerprint density at radius 1 is 1.15 bits per heavy atom. The lowest BCUT2D eigenvalue weighted by Crippen LogP contribution is -2.45. The third-order valence-corrected chi connectivity index (χ3v) is 5.80. The van der Waals surface area contributed by atoms with Gasteiger partial charge in [-0.15, -0.1) is 0 Å². The highest BCUT2D eigenvalue weighted by molar-refractivity contribution is 8.00. The maximum absolute atomic E-state index is 15.1. The number of esters is 1. The predicted octanol–water partition coefficient (Wildman–Crippen LogP) is 6.25. The first kappa shape index (κ1) is 19.6. The first-order valence-corrected chi connectivity index (χ1v) is 9.79. The largest absolute Gasteiger partial charge is 0.452 e. The van der Waals surface area contributed by atoms with Gasteiger partial charge < -0.3 is 4.74 Å². The number of halogens is 2. The third-order valence-electron chi connectivity index (χ3n) is 4.66. The van der Waals surface area contributed by atoms with Gasteiger partial charge in [0, 0.05) is 17.7 Å². The highest BCUT2D eigenvalue weighted by atomic mass is 32.2. The number of cyclic esters (lactones) is 1. The number of hydrogen-bond acceptors (Lipinski definition) is 3. The molecule has 1 heterocycles. The quantitative estimate of drug-likeness (QED) is 0.414. The molecule has 27 heavy (non-hydrogen) atoms. The van der Waals surface area contributed by atoms with Crippen LogP contribution in [0.1, 0.15) is 36.8 Å². The Kier molecular flexibility index (Phi) is 6.00. The summed E-state index contributed by atoms with van der Waals surface area (Å²) in [5.41, 5.74) is 0.424. The average molecular weight is 388 g/mol. The molecule has 0 spiro atoms. The Labute approximate surface area is 162 Å². The Morgan fingerprint density at radius 2 is 1.85 bits per heavy atom. The molecule has 0 aliphatic carbocycles. The van der Waals surface area contributed by atoms with Crippen molar-refractivity contribution in [2.45, 2.75) is 48.4 Å². The molecule has 2 aromatic rings. The number of alkyl halides is 2. The minimum Gasteiger partial charge on any atom is -0.452 e. The standard InChI is InChI=1S/C22H22F2O2S/c1-17-10-12-18(13-11-17)7-5-6-15-21(16-14-20(25)26-21)22(23,24)27-19-8-3-2-4-9-19/h2-5,7-13H,6,14-16H2,1H3/b7-5+. The Bertz CT molecular complexity index is 803. The van der Waals surface area contributed by atoms with Crippen molar-refractivity contribution in [3.63, 3.8) is 0 Å². The van der Waals surface area contributed by atoms with Crippen molar-refractivity contribution in [3.8, 4) is 0 Å². The molecular weight excluding hydrogens is 366 g/mol. The number of hydrogen-bond donors (Lipinski definition) is 0. The highest BCUT2D eigenvalue weighted by Gasteiger charge is 2.59. The number of thioether (sulfide) groups is 1. The lowest BCUT2D eigenvalue weighted by Gasteiger charge is -2.34. The normalized spacial score (nSPS) is 20.2. The van der Waals surface area contributed by atoms with Gasteiger partial charge in [-0.2, -0.15) is 8.78 Å². The first-order valence-electron chi connectivity index (χ1n) is 8.97. The monoisotopic (exact) mass is 388 g/mol. The Hall–Kier alpha value is -2.14. The number of ether oxygens (including phenoxy) is 1. The number of allylic oxidation sites excluding steroid dienone is 1. The molecule has 1 atom stereocenters. The zero-order valence-corrected chi connectivity index (χ0v) is 16.0. The van der Waals surface area contributed by atoms with Crippen LogP contribution < -0.4 is 0 Å². The van der Waals surface area contributed by atoms with Crippen molar-refractivity contribution in [2.24, 2.45) is 0 Å². The molecule has 2 aromatic carbocycles. The predicted molar refractivity (Wildman–Crippen MR) is 105 cm³/mol. The van der Waals surface area contributed by atoms with Gasteiger partial charge in [-0.25, -0.2) is 0 Å². The van der Waals surface area contributed by atoms with Crippen molar-refractivity contribution in [3.05, 3.63) is 71.8 Å². The zero-order valence-electron chi connectivity index (χ0n) is 15.2. The SMILES string of the molecule is Cc1ccc(/C=C/CCC2(C(F)(F)Sc3ccccc3)CCC(=O)O2)cc1. The molecule has 1 aliphatic rings. The minimum atomic E-state index is -3.20. The summed E-state index contributed by atoms with van der Waals surface area (Å²) in [6, 6.07) is 16.5. The fourth-order valence-electron chi connectivity index (χ4n) is 3.09. The van der Waals surface area contributed by atoms with Crippen molar-refractivity contribution in [2.75, 3.05) is 0 Å². The van der Waals surface area contributed by atoms with Gasteiger partial charge in [0.1, 0.15) is 0 Å². The lowest BCUT2D eigenvalue weighted by molar-refractivity contribution is -0.170. The fourth-order valence-corrected chi connectivity index (χ4v) is 4.11. The summed E-state index contributed by atoms with van der Waals surface area (Å²) in [4.78, 5) is 12.1. The molecular formula is C22H22F2O2S. The maximum Gasteiger partial charge on any atom is 0.337 e. The van der Waals surface area contributed by atoms with Gasteiger partial charge in [0.15, 0.2) is 5.60 Å². The number of benzene rings is 2. The van der Waals surface area contributed by atoms with E-state index in [4.69, 9.17) is 4.74 Å². The molecule has 1 unspecified atom stereocenters. The van der Waals surface area contributed by atoms with Crippen LogP contribution in [-0.2, 0) is 9.53 Å². The van der Waals surface area contributed by atoms with Gasteiger partial charge >= 0.3 is 11.2 Å². The van der Waals surface area contributed by atoms with E-state index in [1.807, 2.05) is 43.3 Å². The molecule has 0 bridgehead atoms. The van der Waals surface area contributed by atoms with Gasteiger partial charge in [-0.1, -0.05) is 60.2 Å². The van der Waals surface area contributed by atoms with Crippen LogP contribution in [0.15, 0.2) is 65.6 Å². The molecule has 3 rings (SSSR count).